The smallest absolute Gasteiger partial charge is 0.0144 e. The van der Waals surface area contributed by atoms with Gasteiger partial charge in [0.15, 0.2) is 0 Å². The Morgan fingerprint density at radius 3 is 2.83 bits per heavy atom. The average molecular weight is 187 g/mol. The second kappa shape index (κ2) is 5.13. The molecule has 0 bridgehead atoms. The largest absolute Gasteiger partial charge is 0.329 e. The molecular weight excluding hydrogens is 166 g/mol. The average Bonchev–Trinajstić information content (AvgIpc) is 2.04. The molecule has 1 aliphatic carbocycles. The SMILES string of the molecule is CC1CCCC(SC(C)CN)C1. The van der Waals surface area contributed by atoms with Crippen molar-refractivity contribution in [3.63, 3.8) is 0 Å². The van der Waals surface area contributed by atoms with E-state index in [0.29, 0.717) is 5.25 Å². The van der Waals surface area contributed by atoms with Gasteiger partial charge in [-0.05, 0) is 18.8 Å². The van der Waals surface area contributed by atoms with Crippen molar-refractivity contribution in [1.82, 2.24) is 0 Å². The number of rotatable bonds is 3. The molecule has 2 heteroatoms. The molecule has 1 saturated carbocycles. The van der Waals surface area contributed by atoms with Crippen LogP contribution in [0.5, 0.6) is 0 Å². The second-order valence-electron chi connectivity index (χ2n) is 4.08. The number of nitrogens with two attached hydrogens (primary N) is 1. The summed E-state index contributed by atoms with van der Waals surface area (Å²) < 4.78 is 0. The zero-order valence-corrected chi connectivity index (χ0v) is 9.07. The zero-order valence-electron chi connectivity index (χ0n) is 8.25. The Balaban J connectivity index is 2.22. The lowest BCUT2D eigenvalue weighted by Crippen LogP contribution is -2.21. The molecule has 1 nitrogen and oxygen atoms in total. The highest BCUT2D eigenvalue weighted by molar-refractivity contribution is 8.00. The topological polar surface area (TPSA) is 26.0 Å². The summed E-state index contributed by atoms with van der Waals surface area (Å²) in [7, 11) is 0. The first-order valence-electron chi connectivity index (χ1n) is 5.08. The third-order valence-corrected chi connectivity index (χ3v) is 4.12. The van der Waals surface area contributed by atoms with Gasteiger partial charge in [0.05, 0.1) is 0 Å². The summed E-state index contributed by atoms with van der Waals surface area (Å²) in [6.07, 6.45) is 5.69. The van der Waals surface area contributed by atoms with Crippen LogP contribution in [0.25, 0.3) is 0 Å². The minimum atomic E-state index is 0.653. The number of thioether (sulfide) groups is 1. The monoisotopic (exact) mass is 187 g/mol. The maximum atomic E-state index is 5.60. The molecule has 0 aliphatic heterocycles. The lowest BCUT2D eigenvalue weighted by molar-refractivity contribution is 0.394. The fourth-order valence-electron chi connectivity index (χ4n) is 1.89. The standard InChI is InChI=1S/C10H21NS/c1-8-4-3-5-10(6-8)12-9(2)7-11/h8-10H,3-7,11H2,1-2H3. The van der Waals surface area contributed by atoms with Crippen LogP contribution in [0.1, 0.15) is 39.5 Å². The van der Waals surface area contributed by atoms with Crippen LogP contribution >= 0.6 is 11.8 Å². The van der Waals surface area contributed by atoms with Crippen LogP contribution in [0.2, 0.25) is 0 Å². The molecule has 0 aromatic heterocycles. The molecule has 0 heterocycles. The Kier molecular flexibility index (Phi) is 4.44. The molecule has 0 saturated heterocycles. The summed E-state index contributed by atoms with van der Waals surface area (Å²) >= 11 is 2.10. The van der Waals surface area contributed by atoms with E-state index in [0.717, 1.165) is 17.7 Å². The molecule has 0 amide bonds. The lowest BCUT2D eigenvalue weighted by Gasteiger charge is -2.27. The van der Waals surface area contributed by atoms with Gasteiger partial charge in [-0.25, -0.2) is 0 Å². The van der Waals surface area contributed by atoms with Crippen LogP contribution in [0.15, 0.2) is 0 Å². The van der Waals surface area contributed by atoms with E-state index >= 15 is 0 Å². The Morgan fingerprint density at radius 1 is 1.50 bits per heavy atom. The van der Waals surface area contributed by atoms with Gasteiger partial charge >= 0.3 is 0 Å². The fourth-order valence-corrected chi connectivity index (χ4v) is 3.40. The van der Waals surface area contributed by atoms with Crippen molar-refractivity contribution >= 4 is 11.8 Å². The van der Waals surface area contributed by atoms with Crippen molar-refractivity contribution in [2.75, 3.05) is 6.54 Å². The predicted molar refractivity (Wildman–Crippen MR) is 57.5 cm³/mol. The molecule has 0 spiro atoms. The number of hydrogen-bond acceptors (Lipinski definition) is 2. The van der Waals surface area contributed by atoms with E-state index in [4.69, 9.17) is 5.73 Å². The van der Waals surface area contributed by atoms with Gasteiger partial charge in [-0.2, -0.15) is 11.8 Å². The highest BCUT2D eigenvalue weighted by Gasteiger charge is 2.20. The van der Waals surface area contributed by atoms with Gasteiger partial charge in [-0.15, -0.1) is 0 Å². The first kappa shape index (κ1) is 10.4. The van der Waals surface area contributed by atoms with E-state index in [1.807, 2.05) is 0 Å². The summed E-state index contributed by atoms with van der Waals surface area (Å²) in [6, 6.07) is 0. The first-order valence-corrected chi connectivity index (χ1v) is 6.02. The molecule has 1 rings (SSSR count). The van der Waals surface area contributed by atoms with E-state index in [1.165, 1.54) is 25.7 Å². The second-order valence-corrected chi connectivity index (χ2v) is 5.82. The van der Waals surface area contributed by atoms with Crippen molar-refractivity contribution in [3.05, 3.63) is 0 Å². The van der Waals surface area contributed by atoms with E-state index in [-0.39, 0.29) is 0 Å². The first-order chi connectivity index (χ1) is 5.72. The summed E-state index contributed by atoms with van der Waals surface area (Å²) in [5.74, 6) is 0.946. The summed E-state index contributed by atoms with van der Waals surface area (Å²) in [6.45, 7) is 5.44. The van der Waals surface area contributed by atoms with Gasteiger partial charge in [0.1, 0.15) is 0 Å². The van der Waals surface area contributed by atoms with Crippen molar-refractivity contribution < 1.29 is 0 Å². The molecule has 0 aromatic rings. The van der Waals surface area contributed by atoms with Crippen molar-refractivity contribution in [2.45, 2.75) is 50.0 Å². The predicted octanol–water partition coefficient (Wildman–Crippen LogP) is 2.65. The van der Waals surface area contributed by atoms with Crippen LogP contribution in [-0.4, -0.2) is 17.0 Å². The molecule has 2 N–H and O–H groups in total. The Hall–Kier alpha value is 0.310. The third kappa shape index (κ3) is 3.36. The molecule has 72 valence electrons. The Labute approximate surface area is 80.5 Å². The van der Waals surface area contributed by atoms with Crippen LogP contribution in [0.3, 0.4) is 0 Å². The van der Waals surface area contributed by atoms with E-state index in [2.05, 4.69) is 25.6 Å². The molecule has 3 unspecified atom stereocenters. The van der Waals surface area contributed by atoms with Crippen molar-refractivity contribution in [1.29, 1.82) is 0 Å². The van der Waals surface area contributed by atoms with E-state index < -0.39 is 0 Å². The van der Waals surface area contributed by atoms with Crippen LogP contribution < -0.4 is 5.73 Å². The summed E-state index contributed by atoms with van der Waals surface area (Å²) in [5.41, 5.74) is 5.60. The van der Waals surface area contributed by atoms with Crippen molar-refractivity contribution in [2.24, 2.45) is 11.7 Å². The van der Waals surface area contributed by atoms with Gasteiger partial charge in [-0.3, -0.25) is 0 Å². The summed E-state index contributed by atoms with van der Waals surface area (Å²) in [5, 5.41) is 1.55. The lowest BCUT2D eigenvalue weighted by atomic mass is 9.91. The van der Waals surface area contributed by atoms with E-state index in [9.17, 15) is 0 Å². The van der Waals surface area contributed by atoms with Crippen LogP contribution in [0, 0.1) is 5.92 Å². The van der Waals surface area contributed by atoms with Crippen LogP contribution in [-0.2, 0) is 0 Å². The van der Waals surface area contributed by atoms with E-state index in [1.54, 1.807) is 0 Å². The quantitative estimate of drug-likeness (QED) is 0.735. The van der Waals surface area contributed by atoms with Crippen molar-refractivity contribution in [3.8, 4) is 0 Å². The van der Waals surface area contributed by atoms with Crippen LogP contribution in [0.4, 0.5) is 0 Å². The minimum Gasteiger partial charge on any atom is -0.329 e. The van der Waals surface area contributed by atoms with Gasteiger partial charge in [0.25, 0.3) is 0 Å². The van der Waals surface area contributed by atoms with Gasteiger partial charge in [-0.1, -0.05) is 26.7 Å². The molecule has 0 radical (unpaired) electrons. The normalized spacial score (nSPS) is 33.2. The Morgan fingerprint density at radius 2 is 2.25 bits per heavy atom. The molecule has 3 atom stereocenters. The van der Waals surface area contributed by atoms with Gasteiger partial charge in [0, 0.05) is 17.0 Å². The summed E-state index contributed by atoms with van der Waals surface area (Å²) in [4.78, 5) is 0. The minimum absolute atomic E-state index is 0.653. The highest BCUT2D eigenvalue weighted by Crippen LogP contribution is 2.33. The maximum Gasteiger partial charge on any atom is 0.0144 e. The number of hydrogen-bond donors (Lipinski definition) is 1. The molecular formula is C10H21NS. The van der Waals surface area contributed by atoms with Gasteiger partial charge < -0.3 is 5.73 Å². The molecule has 12 heavy (non-hydrogen) atoms. The van der Waals surface area contributed by atoms with Gasteiger partial charge in [0.2, 0.25) is 0 Å². The fraction of sp³-hybridized carbons (Fsp3) is 1.00. The zero-order chi connectivity index (χ0) is 8.97. The Bertz CT molecular complexity index is 127. The molecule has 0 aromatic carbocycles. The molecule has 1 aliphatic rings. The molecule has 1 fully saturated rings. The maximum absolute atomic E-state index is 5.60. The highest BCUT2D eigenvalue weighted by atomic mass is 32.2. The third-order valence-electron chi connectivity index (χ3n) is 2.64.